The van der Waals surface area contributed by atoms with E-state index >= 15 is 0 Å². The molecule has 0 saturated carbocycles. The highest BCUT2D eigenvalue weighted by molar-refractivity contribution is 9.09. The van der Waals surface area contributed by atoms with Gasteiger partial charge >= 0.3 is 17.9 Å². The first-order chi connectivity index (χ1) is 16.5. The average molecular weight is 525 g/mol. The molecular formula is C26H21BrO7. The Bertz CT molecular complexity index is 1120. The Morgan fingerprint density at radius 1 is 0.618 bits per heavy atom. The highest BCUT2D eigenvalue weighted by Crippen LogP contribution is 2.29. The number of rotatable bonds is 6. The zero-order chi connectivity index (χ0) is 23.9. The lowest BCUT2D eigenvalue weighted by molar-refractivity contribution is -0.165. The zero-order valence-electron chi connectivity index (χ0n) is 17.9. The summed E-state index contributed by atoms with van der Waals surface area (Å²) in [5, 5.41) is -0.791. The summed E-state index contributed by atoms with van der Waals surface area (Å²) in [6.07, 6.45) is -3.21. The Balaban J connectivity index is 1.59. The number of benzene rings is 3. The highest BCUT2D eigenvalue weighted by Gasteiger charge is 2.47. The first kappa shape index (κ1) is 23.7. The largest absolute Gasteiger partial charge is 0.452 e. The minimum Gasteiger partial charge on any atom is -0.452 e. The van der Waals surface area contributed by atoms with Gasteiger partial charge in [-0.05, 0) is 36.4 Å². The summed E-state index contributed by atoms with van der Waals surface area (Å²) in [5.41, 5.74) is 0.953. The maximum atomic E-state index is 12.9. The molecule has 4 atom stereocenters. The summed E-state index contributed by atoms with van der Waals surface area (Å²) in [5.74, 6) is -1.89. The third-order valence-electron chi connectivity index (χ3n) is 5.14. The van der Waals surface area contributed by atoms with Crippen LogP contribution in [0, 0.1) is 0 Å². The van der Waals surface area contributed by atoms with E-state index in [4.69, 9.17) is 18.9 Å². The van der Waals surface area contributed by atoms with Crippen LogP contribution in [0.3, 0.4) is 0 Å². The maximum absolute atomic E-state index is 12.9. The van der Waals surface area contributed by atoms with Gasteiger partial charge in [-0.2, -0.15) is 0 Å². The summed E-state index contributed by atoms with van der Waals surface area (Å²) >= 11 is 3.35. The van der Waals surface area contributed by atoms with Crippen molar-refractivity contribution in [3.63, 3.8) is 0 Å². The first-order valence-corrected chi connectivity index (χ1v) is 11.5. The molecule has 7 nitrogen and oxygen atoms in total. The average Bonchev–Trinajstić information content (AvgIpc) is 2.89. The number of ether oxygens (including phenoxy) is 4. The minimum atomic E-state index is -1.12. The monoisotopic (exact) mass is 524 g/mol. The molecule has 8 heteroatoms. The minimum absolute atomic E-state index is 0.0688. The number of carbonyl (C=O) groups excluding carboxylic acids is 3. The third-order valence-corrected chi connectivity index (χ3v) is 5.93. The van der Waals surface area contributed by atoms with Crippen LogP contribution in [0.4, 0.5) is 0 Å². The van der Waals surface area contributed by atoms with Gasteiger partial charge in [0.2, 0.25) is 0 Å². The molecule has 0 unspecified atom stereocenters. The Morgan fingerprint density at radius 2 is 1.00 bits per heavy atom. The quantitative estimate of drug-likeness (QED) is 0.268. The van der Waals surface area contributed by atoms with Crippen molar-refractivity contribution in [2.75, 3.05) is 6.61 Å². The van der Waals surface area contributed by atoms with Crippen LogP contribution in [0.25, 0.3) is 0 Å². The van der Waals surface area contributed by atoms with E-state index in [1.165, 1.54) is 0 Å². The molecular weight excluding hydrogens is 504 g/mol. The second-order valence-electron chi connectivity index (χ2n) is 7.47. The van der Waals surface area contributed by atoms with Crippen molar-refractivity contribution in [2.45, 2.75) is 23.3 Å². The van der Waals surface area contributed by atoms with E-state index in [2.05, 4.69) is 15.9 Å². The molecule has 1 fully saturated rings. The smallest absolute Gasteiger partial charge is 0.338 e. The Morgan fingerprint density at radius 3 is 1.44 bits per heavy atom. The SMILES string of the molecule is O=C(O[C@@H]1[C@@H](OC(=O)c2ccccc2)[C@H](OC(=O)c2ccccc2)CO[C@@H]1Br)c1ccccc1. The van der Waals surface area contributed by atoms with Gasteiger partial charge in [0.1, 0.15) is 0 Å². The van der Waals surface area contributed by atoms with Crippen molar-refractivity contribution >= 4 is 33.8 Å². The maximum Gasteiger partial charge on any atom is 0.338 e. The van der Waals surface area contributed by atoms with E-state index in [-0.39, 0.29) is 6.61 Å². The topological polar surface area (TPSA) is 88.1 Å². The van der Waals surface area contributed by atoms with Crippen LogP contribution in [0.5, 0.6) is 0 Å². The lowest BCUT2D eigenvalue weighted by Gasteiger charge is -2.38. The van der Waals surface area contributed by atoms with E-state index in [0.717, 1.165) is 0 Å². The van der Waals surface area contributed by atoms with Gasteiger partial charge in [0.15, 0.2) is 23.3 Å². The van der Waals surface area contributed by atoms with Crippen molar-refractivity contribution < 1.29 is 33.3 Å². The molecule has 1 aliphatic heterocycles. The van der Waals surface area contributed by atoms with Gasteiger partial charge in [-0.3, -0.25) is 0 Å². The van der Waals surface area contributed by atoms with Crippen LogP contribution in [0.2, 0.25) is 0 Å². The van der Waals surface area contributed by atoms with Gasteiger partial charge in [0.05, 0.1) is 23.3 Å². The molecule has 1 heterocycles. The Kier molecular flexibility index (Phi) is 7.72. The lowest BCUT2D eigenvalue weighted by Crippen LogP contribution is -2.56. The van der Waals surface area contributed by atoms with Gasteiger partial charge in [-0.15, -0.1) is 0 Å². The predicted molar refractivity (Wildman–Crippen MR) is 126 cm³/mol. The standard InChI is InChI=1S/C26H21BrO7/c27-23-22(34-26(30)19-14-8-3-9-15-19)21(33-25(29)18-12-6-2-7-13-18)20(16-31-23)32-24(28)17-10-4-1-5-11-17/h1-15,20-23H,16H2/t20-,21+,22-,23+/m1/s1. The predicted octanol–water partition coefficient (Wildman–Crippen LogP) is 4.41. The molecule has 34 heavy (non-hydrogen) atoms. The fourth-order valence-electron chi connectivity index (χ4n) is 3.41. The van der Waals surface area contributed by atoms with Crippen LogP contribution < -0.4 is 0 Å². The fraction of sp³-hybridized carbons (Fsp3) is 0.192. The third kappa shape index (κ3) is 5.70. The lowest BCUT2D eigenvalue weighted by atomic mass is 10.0. The molecule has 174 valence electrons. The number of alkyl halides is 1. The van der Waals surface area contributed by atoms with Crippen LogP contribution >= 0.6 is 15.9 Å². The van der Waals surface area contributed by atoms with Crippen molar-refractivity contribution in [3.8, 4) is 0 Å². The summed E-state index contributed by atoms with van der Waals surface area (Å²) in [6, 6.07) is 25.2. The molecule has 0 bridgehead atoms. The summed E-state index contributed by atoms with van der Waals surface area (Å²) < 4.78 is 22.7. The van der Waals surface area contributed by atoms with Gasteiger partial charge in [-0.25, -0.2) is 14.4 Å². The van der Waals surface area contributed by atoms with Gasteiger partial charge < -0.3 is 18.9 Å². The number of esters is 3. The highest BCUT2D eigenvalue weighted by atomic mass is 79.9. The van der Waals surface area contributed by atoms with Gasteiger partial charge in [0, 0.05) is 0 Å². The molecule has 0 aliphatic carbocycles. The molecule has 1 aliphatic rings. The van der Waals surface area contributed by atoms with Crippen molar-refractivity contribution in [2.24, 2.45) is 0 Å². The summed E-state index contributed by atoms with van der Waals surface area (Å²) in [7, 11) is 0. The van der Waals surface area contributed by atoms with E-state index in [0.29, 0.717) is 16.7 Å². The van der Waals surface area contributed by atoms with Crippen molar-refractivity contribution in [3.05, 3.63) is 108 Å². The summed E-state index contributed by atoms with van der Waals surface area (Å²) in [4.78, 5) is 38.3. The van der Waals surface area contributed by atoms with Crippen molar-refractivity contribution in [1.82, 2.24) is 0 Å². The van der Waals surface area contributed by atoms with E-state index in [1.807, 2.05) is 0 Å². The second-order valence-corrected chi connectivity index (χ2v) is 8.37. The van der Waals surface area contributed by atoms with Gasteiger partial charge in [0.25, 0.3) is 0 Å². The van der Waals surface area contributed by atoms with Crippen LogP contribution in [0.1, 0.15) is 31.1 Å². The number of carbonyl (C=O) groups is 3. The molecule has 4 rings (SSSR count). The van der Waals surface area contributed by atoms with Crippen LogP contribution in [-0.4, -0.2) is 47.8 Å². The van der Waals surface area contributed by atoms with Crippen LogP contribution in [-0.2, 0) is 18.9 Å². The zero-order valence-corrected chi connectivity index (χ0v) is 19.5. The molecule has 0 aromatic heterocycles. The number of hydrogen-bond donors (Lipinski definition) is 0. The fourth-order valence-corrected chi connectivity index (χ4v) is 3.97. The summed E-state index contributed by atoms with van der Waals surface area (Å²) in [6.45, 7) is -0.0688. The van der Waals surface area contributed by atoms with E-state index < -0.39 is 41.2 Å². The van der Waals surface area contributed by atoms with Gasteiger partial charge in [-0.1, -0.05) is 70.5 Å². The molecule has 0 radical (unpaired) electrons. The normalized spacial score (nSPS) is 21.8. The number of hydrogen-bond acceptors (Lipinski definition) is 7. The van der Waals surface area contributed by atoms with E-state index in [1.54, 1.807) is 91.0 Å². The molecule has 3 aromatic carbocycles. The molecule has 3 aromatic rings. The molecule has 0 N–H and O–H groups in total. The number of halogens is 1. The molecule has 0 amide bonds. The second kappa shape index (κ2) is 11.1. The molecule has 0 spiro atoms. The Hall–Kier alpha value is -3.49. The van der Waals surface area contributed by atoms with Crippen LogP contribution in [0.15, 0.2) is 91.0 Å². The first-order valence-electron chi connectivity index (χ1n) is 10.6. The molecule has 1 saturated heterocycles. The van der Waals surface area contributed by atoms with Crippen molar-refractivity contribution in [1.29, 1.82) is 0 Å². The Labute approximate surface area is 204 Å². The van der Waals surface area contributed by atoms with E-state index in [9.17, 15) is 14.4 Å².